The molecule has 0 saturated carbocycles. The number of nitrogens with one attached hydrogen (secondary N) is 4. The average Bonchev–Trinajstić information content (AvgIpc) is 3.25. The first-order chi connectivity index (χ1) is 14.5. The van der Waals surface area contributed by atoms with Gasteiger partial charge in [-0.15, -0.1) is 0 Å². The van der Waals surface area contributed by atoms with E-state index in [1.165, 1.54) is 0 Å². The Morgan fingerprint density at radius 2 is 2.00 bits per heavy atom. The third kappa shape index (κ3) is 5.37. The molecule has 1 saturated heterocycles. The van der Waals surface area contributed by atoms with E-state index in [4.69, 9.17) is 33.4 Å². The van der Waals surface area contributed by atoms with Gasteiger partial charge in [0.2, 0.25) is 6.36 Å². The van der Waals surface area contributed by atoms with Gasteiger partial charge in [-0.25, -0.2) is 4.39 Å². The number of hydrogen-bond donors (Lipinski definition) is 5. The van der Waals surface area contributed by atoms with Gasteiger partial charge in [0, 0.05) is 17.1 Å². The zero-order chi connectivity index (χ0) is 21.6. The van der Waals surface area contributed by atoms with Crippen LogP contribution in [0, 0.1) is 0 Å². The Morgan fingerprint density at radius 1 is 1.30 bits per heavy atom. The van der Waals surface area contributed by atoms with Crippen molar-refractivity contribution in [2.24, 2.45) is 0 Å². The zero-order valence-electron chi connectivity index (χ0n) is 16.3. The van der Waals surface area contributed by atoms with Crippen molar-refractivity contribution in [2.45, 2.75) is 31.4 Å². The van der Waals surface area contributed by atoms with Crippen molar-refractivity contribution in [1.29, 1.82) is 0 Å². The van der Waals surface area contributed by atoms with Gasteiger partial charge in [0.1, 0.15) is 18.1 Å². The Morgan fingerprint density at radius 3 is 2.57 bits per heavy atom. The van der Waals surface area contributed by atoms with Crippen LogP contribution in [0.3, 0.4) is 0 Å². The van der Waals surface area contributed by atoms with Crippen LogP contribution in [0.2, 0.25) is 5.02 Å². The Kier molecular flexibility index (Phi) is 7.81. The highest BCUT2D eigenvalue weighted by Gasteiger charge is 2.44. The quantitative estimate of drug-likeness (QED) is 0.389. The predicted octanol–water partition coefficient (Wildman–Crippen LogP) is 3.01. The normalized spacial score (nSPS) is 20.4. The summed E-state index contributed by atoms with van der Waals surface area (Å²) in [5, 5.41) is 20.4. The molecule has 5 N–H and O–H groups in total. The van der Waals surface area contributed by atoms with Crippen molar-refractivity contribution >= 4 is 34.6 Å². The number of benzene rings is 2. The zero-order valence-corrected chi connectivity index (χ0v) is 17.9. The first kappa shape index (κ1) is 22.7. The third-order valence-corrected chi connectivity index (χ3v) is 5.14. The van der Waals surface area contributed by atoms with Gasteiger partial charge >= 0.3 is 0 Å². The van der Waals surface area contributed by atoms with Crippen LogP contribution in [0.25, 0.3) is 0 Å². The van der Waals surface area contributed by atoms with Crippen molar-refractivity contribution in [3.05, 3.63) is 59.1 Å². The van der Waals surface area contributed by atoms with E-state index in [1.807, 2.05) is 0 Å². The molecule has 1 aliphatic rings. The first-order valence-electron chi connectivity index (χ1n) is 9.46. The van der Waals surface area contributed by atoms with Crippen LogP contribution >= 0.6 is 23.8 Å². The van der Waals surface area contributed by atoms with Gasteiger partial charge in [-0.3, -0.25) is 10.2 Å². The van der Waals surface area contributed by atoms with Gasteiger partial charge in [0.05, 0.1) is 12.6 Å². The SMILES string of the molecule is CCC(F)Oc1ccc(C2([C@H](CO)NC(=S)Nc3ccc(Cl)cc3)NCON2)cc1. The highest BCUT2D eigenvalue weighted by Crippen LogP contribution is 2.28. The Bertz CT molecular complexity index is 835. The van der Waals surface area contributed by atoms with E-state index in [0.717, 1.165) is 11.3 Å². The second-order valence-corrected chi connectivity index (χ2v) is 7.52. The van der Waals surface area contributed by atoms with E-state index in [-0.39, 0.29) is 19.8 Å². The van der Waals surface area contributed by atoms with Crippen LogP contribution in [0.1, 0.15) is 18.9 Å². The number of halogens is 2. The molecule has 0 aromatic heterocycles. The number of aliphatic hydroxyl groups is 1. The summed E-state index contributed by atoms with van der Waals surface area (Å²) in [4.78, 5) is 5.34. The lowest BCUT2D eigenvalue weighted by Gasteiger charge is -2.37. The molecule has 0 radical (unpaired) electrons. The summed E-state index contributed by atoms with van der Waals surface area (Å²) in [5.74, 6) is 0.413. The van der Waals surface area contributed by atoms with Crippen molar-refractivity contribution in [3.63, 3.8) is 0 Å². The van der Waals surface area contributed by atoms with Crippen LogP contribution < -0.4 is 26.2 Å². The summed E-state index contributed by atoms with van der Waals surface area (Å²) in [6.07, 6.45) is -1.10. The monoisotopic (exact) mass is 454 g/mol. The molecular formula is C20H24ClFN4O3S. The van der Waals surface area contributed by atoms with E-state index in [9.17, 15) is 9.50 Å². The lowest BCUT2D eigenvalue weighted by atomic mass is 9.92. The van der Waals surface area contributed by atoms with Gasteiger partial charge in [-0.2, -0.15) is 5.48 Å². The highest BCUT2D eigenvalue weighted by molar-refractivity contribution is 7.80. The smallest absolute Gasteiger partial charge is 0.238 e. The fourth-order valence-electron chi connectivity index (χ4n) is 3.07. The summed E-state index contributed by atoms with van der Waals surface area (Å²) in [7, 11) is 0. The number of thiocarbonyl (C=S) groups is 1. The molecule has 3 atom stereocenters. The molecule has 162 valence electrons. The highest BCUT2D eigenvalue weighted by atomic mass is 35.5. The first-order valence-corrected chi connectivity index (χ1v) is 10.2. The van der Waals surface area contributed by atoms with Gasteiger partial charge < -0.3 is 20.5 Å². The number of hydroxylamine groups is 1. The molecule has 0 aliphatic carbocycles. The molecule has 0 amide bonds. The van der Waals surface area contributed by atoms with Crippen LogP contribution in [0.15, 0.2) is 48.5 Å². The summed E-state index contributed by atoms with van der Waals surface area (Å²) in [6.45, 7) is 1.67. The van der Waals surface area contributed by atoms with Crippen molar-refractivity contribution < 1.29 is 19.1 Å². The Balaban J connectivity index is 1.75. The lowest BCUT2D eigenvalue weighted by Crippen LogP contribution is -2.63. The molecule has 2 aromatic rings. The van der Waals surface area contributed by atoms with Crippen LogP contribution in [0.5, 0.6) is 5.75 Å². The van der Waals surface area contributed by atoms with E-state index in [0.29, 0.717) is 15.9 Å². The molecule has 1 heterocycles. The molecule has 7 nitrogen and oxygen atoms in total. The molecule has 1 fully saturated rings. The minimum Gasteiger partial charge on any atom is -0.460 e. The number of ether oxygens (including phenoxy) is 1. The molecule has 0 bridgehead atoms. The second kappa shape index (κ2) is 10.3. The fourth-order valence-corrected chi connectivity index (χ4v) is 3.46. The molecule has 3 rings (SSSR count). The number of anilines is 1. The molecule has 30 heavy (non-hydrogen) atoms. The van der Waals surface area contributed by atoms with Crippen LogP contribution in [0.4, 0.5) is 10.1 Å². The maximum absolute atomic E-state index is 13.5. The average molecular weight is 455 g/mol. The minimum absolute atomic E-state index is 0.218. The summed E-state index contributed by atoms with van der Waals surface area (Å²) in [5.41, 5.74) is 3.46. The van der Waals surface area contributed by atoms with Crippen molar-refractivity contribution in [1.82, 2.24) is 16.1 Å². The standard InChI is InChI=1S/C20H24ClFN4O3S/c1-2-18(22)29-16-9-3-13(4-10-16)20(23-12-28-26-20)17(11-27)25-19(30)24-15-7-5-14(21)6-8-15/h3-10,17-18,23,26-27H,2,11-12H2,1H3,(H2,24,25,30)/t17-,18?,20?/m0/s1. The summed E-state index contributed by atoms with van der Waals surface area (Å²) < 4.78 is 18.7. The van der Waals surface area contributed by atoms with Gasteiger partial charge in [-0.05, 0) is 54.2 Å². The molecule has 10 heteroatoms. The van der Waals surface area contributed by atoms with E-state index in [2.05, 4.69) is 21.4 Å². The number of aliphatic hydroxyl groups excluding tert-OH is 1. The van der Waals surface area contributed by atoms with E-state index in [1.54, 1.807) is 55.5 Å². The topological polar surface area (TPSA) is 86.8 Å². The van der Waals surface area contributed by atoms with E-state index >= 15 is 0 Å². The molecule has 1 aliphatic heterocycles. The van der Waals surface area contributed by atoms with E-state index < -0.39 is 18.1 Å². The predicted molar refractivity (Wildman–Crippen MR) is 118 cm³/mol. The maximum Gasteiger partial charge on any atom is 0.238 e. The van der Waals surface area contributed by atoms with Crippen LogP contribution in [-0.4, -0.2) is 36.0 Å². The molecule has 2 unspecified atom stereocenters. The third-order valence-electron chi connectivity index (χ3n) is 4.66. The summed E-state index contributed by atoms with van der Waals surface area (Å²) >= 11 is 11.3. The minimum atomic E-state index is -1.36. The molecule has 2 aromatic carbocycles. The van der Waals surface area contributed by atoms with Crippen molar-refractivity contribution in [2.75, 3.05) is 18.7 Å². The maximum atomic E-state index is 13.5. The fraction of sp³-hybridized carbons (Fsp3) is 0.350. The van der Waals surface area contributed by atoms with Gasteiger partial charge in [0.15, 0.2) is 5.11 Å². The number of alkyl halides is 1. The lowest BCUT2D eigenvalue weighted by molar-refractivity contribution is 0.0376. The van der Waals surface area contributed by atoms with Gasteiger partial charge in [-0.1, -0.05) is 30.7 Å². The second-order valence-electron chi connectivity index (χ2n) is 6.68. The number of rotatable bonds is 8. The molecule has 0 spiro atoms. The molecular weight excluding hydrogens is 431 g/mol. The Labute approximate surface area is 184 Å². The van der Waals surface area contributed by atoms with Crippen LogP contribution in [-0.2, 0) is 10.5 Å². The Hall–Kier alpha value is -2.01. The summed E-state index contributed by atoms with van der Waals surface area (Å²) in [6, 6.07) is 13.4. The van der Waals surface area contributed by atoms with Crippen molar-refractivity contribution in [3.8, 4) is 5.75 Å². The number of hydrogen-bond acceptors (Lipinski definition) is 6. The van der Waals surface area contributed by atoms with Gasteiger partial charge in [0.25, 0.3) is 0 Å². The largest absolute Gasteiger partial charge is 0.460 e.